The van der Waals surface area contributed by atoms with Gasteiger partial charge in [0.1, 0.15) is 11.3 Å². The Labute approximate surface area is 171 Å². The van der Waals surface area contributed by atoms with Crippen molar-refractivity contribution >= 4 is 17.8 Å². The number of hydrogen-bond acceptors (Lipinski definition) is 5. The third-order valence-corrected chi connectivity index (χ3v) is 5.88. The molecule has 1 saturated heterocycles. The first-order valence-corrected chi connectivity index (χ1v) is 10.1. The molecule has 8 heteroatoms. The molecular formula is C21H30N4O4. The van der Waals surface area contributed by atoms with E-state index in [1.165, 1.54) is 4.90 Å². The second-order valence-corrected chi connectivity index (χ2v) is 7.98. The van der Waals surface area contributed by atoms with Gasteiger partial charge >= 0.3 is 6.03 Å². The first-order valence-electron chi connectivity index (χ1n) is 10.1. The summed E-state index contributed by atoms with van der Waals surface area (Å²) in [6, 6.07) is 7.36. The molecule has 2 fully saturated rings. The zero-order valence-electron chi connectivity index (χ0n) is 17.4. The highest BCUT2D eigenvalue weighted by Crippen LogP contribution is 2.35. The number of methoxy groups -OCH3 is 1. The molecule has 2 N–H and O–H groups in total. The monoisotopic (exact) mass is 402 g/mol. The number of urea groups is 1. The van der Waals surface area contributed by atoms with Gasteiger partial charge in [-0.3, -0.25) is 14.5 Å². The van der Waals surface area contributed by atoms with Crippen LogP contribution in [-0.2, 0) is 9.59 Å². The molecule has 0 unspecified atom stereocenters. The third kappa shape index (κ3) is 4.53. The maximum Gasteiger partial charge on any atom is 0.325 e. The molecule has 1 saturated carbocycles. The maximum atomic E-state index is 12.6. The second kappa shape index (κ2) is 8.82. The molecule has 8 nitrogen and oxygen atoms in total. The van der Waals surface area contributed by atoms with E-state index >= 15 is 0 Å². The van der Waals surface area contributed by atoms with Crippen molar-refractivity contribution in [3.8, 4) is 5.75 Å². The lowest BCUT2D eigenvalue weighted by Gasteiger charge is -2.25. The van der Waals surface area contributed by atoms with E-state index in [4.69, 9.17) is 4.74 Å². The first-order chi connectivity index (χ1) is 13.9. The number of hydrogen-bond donors (Lipinski definition) is 2. The third-order valence-electron chi connectivity index (χ3n) is 5.88. The average Bonchev–Trinajstić information content (AvgIpc) is 3.26. The fourth-order valence-corrected chi connectivity index (χ4v) is 4.13. The smallest absolute Gasteiger partial charge is 0.325 e. The highest BCUT2D eigenvalue weighted by atomic mass is 16.5. The lowest BCUT2D eigenvalue weighted by molar-refractivity contribution is -0.131. The summed E-state index contributed by atoms with van der Waals surface area (Å²) < 4.78 is 5.19. The van der Waals surface area contributed by atoms with E-state index < -0.39 is 5.54 Å². The number of likely N-dealkylation sites (N-methyl/N-ethyl adjacent to an activating group) is 1. The quantitative estimate of drug-likeness (QED) is 0.646. The van der Waals surface area contributed by atoms with E-state index in [-0.39, 0.29) is 36.9 Å². The van der Waals surface area contributed by atoms with Gasteiger partial charge in [-0.25, -0.2) is 4.79 Å². The Balaban J connectivity index is 1.52. The number of nitrogens with one attached hydrogen (secondary N) is 2. The van der Waals surface area contributed by atoms with Gasteiger partial charge in [-0.05, 0) is 44.6 Å². The number of rotatable bonds is 8. The van der Waals surface area contributed by atoms with E-state index in [9.17, 15) is 14.4 Å². The van der Waals surface area contributed by atoms with Crippen molar-refractivity contribution in [3.63, 3.8) is 0 Å². The van der Waals surface area contributed by atoms with Gasteiger partial charge in [0.25, 0.3) is 5.91 Å². The largest absolute Gasteiger partial charge is 0.497 e. The minimum absolute atomic E-state index is 0.00308. The van der Waals surface area contributed by atoms with Crippen molar-refractivity contribution in [3.05, 3.63) is 29.8 Å². The Kier molecular flexibility index (Phi) is 6.42. The summed E-state index contributed by atoms with van der Waals surface area (Å²) in [5.41, 5.74) is 0.339. The summed E-state index contributed by atoms with van der Waals surface area (Å²) in [6.45, 7) is 0.537. The number of carbonyl (C=O) groups is 3. The molecule has 3 rings (SSSR count). The van der Waals surface area contributed by atoms with Crippen molar-refractivity contribution in [2.45, 2.75) is 43.7 Å². The summed E-state index contributed by atoms with van der Waals surface area (Å²) in [7, 11) is 5.53. The SMILES string of the molecule is COc1ccc([C@@H](CNC(=O)CCN2C(=O)NC3(CCCC3)C2=O)N(C)C)cc1. The van der Waals surface area contributed by atoms with Crippen molar-refractivity contribution in [2.24, 2.45) is 0 Å². The molecule has 1 aromatic carbocycles. The fraction of sp³-hybridized carbons (Fsp3) is 0.571. The number of nitrogens with zero attached hydrogens (tertiary/aromatic N) is 2. The molecule has 4 amide bonds. The van der Waals surface area contributed by atoms with Crippen LogP contribution in [0.25, 0.3) is 0 Å². The van der Waals surface area contributed by atoms with Crippen molar-refractivity contribution in [1.82, 2.24) is 20.4 Å². The van der Waals surface area contributed by atoms with E-state index in [2.05, 4.69) is 10.6 Å². The van der Waals surface area contributed by atoms with E-state index in [0.29, 0.717) is 19.4 Å². The number of imide groups is 1. The van der Waals surface area contributed by atoms with Crippen molar-refractivity contribution in [2.75, 3.05) is 34.3 Å². The lowest BCUT2D eigenvalue weighted by Crippen LogP contribution is -2.44. The minimum atomic E-state index is -0.724. The zero-order valence-corrected chi connectivity index (χ0v) is 17.4. The highest BCUT2D eigenvalue weighted by Gasteiger charge is 2.52. The van der Waals surface area contributed by atoms with Crippen LogP contribution in [0.1, 0.15) is 43.7 Å². The molecular weight excluding hydrogens is 372 g/mol. The molecule has 29 heavy (non-hydrogen) atoms. The van der Waals surface area contributed by atoms with Crippen LogP contribution >= 0.6 is 0 Å². The van der Waals surface area contributed by atoms with Crippen LogP contribution in [-0.4, -0.2) is 67.5 Å². The Hall–Kier alpha value is -2.61. The Morgan fingerprint density at radius 1 is 1.24 bits per heavy atom. The van der Waals surface area contributed by atoms with Crippen LogP contribution in [0, 0.1) is 0 Å². The normalized spacial score (nSPS) is 19.0. The summed E-state index contributed by atoms with van der Waals surface area (Å²) >= 11 is 0. The number of carbonyl (C=O) groups excluding carboxylic acids is 3. The fourth-order valence-electron chi connectivity index (χ4n) is 4.13. The summed E-state index contributed by atoms with van der Waals surface area (Å²) in [4.78, 5) is 40.4. The van der Waals surface area contributed by atoms with Crippen LogP contribution in [0.5, 0.6) is 5.75 Å². The van der Waals surface area contributed by atoms with Gasteiger partial charge in [0.2, 0.25) is 5.91 Å². The standard InChI is InChI=1S/C21H30N4O4/c1-24(2)17(15-6-8-16(29-3)9-7-15)14-22-18(26)10-13-25-19(27)21(23-20(25)28)11-4-5-12-21/h6-9,17H,4-5,10-14H2,1-3H3,(H,22,26)(H,23,28)/t17-/m1/s1. The van der Waals surface area contributed by atoms with Crippen LogP contribution in [0.15, 0.2) is 24.3 Å². The first kappa shape index (κ1) is 21.1. The molecule has 1 heterocycles. The zero-order chi connectivity index (χ0) is 21.0. The molecule has 0 aromatic heterocycles. The van der Waals surface area contributed by atoms with Gasteiger partial charge in [-0.15, -0.1) is 0 Å². The van der Waals surface area contributed by atoms with Crippen LogP contribution in [0.2, 0.25) is 0 Å². The number of amides is 4. The van der Waals surface area contributed by atoms with E-state index in [0.717, 1.165) is 24.2 Å². The van der Waals surface area contributed by atoms with Gasteiger partial charge in [-0.2, -0.15) is 0 Å². The highest BCUT2D eigenvalue weighted by molar-refractivity contribution is 6.07. The summed E-state index contributed by atoms with van der Waals surface area (Å²) in [6.07, 6.45) is 3.35. The van der Waals surface area contributed by atoms with Gasteiger partial charge in [0.05, 0.1) is 13.2 Å². The molecule has 0 bridgehead atoms. The number of benzene rings is 1. The average molecular weight is 402 g/mol. The van der Waals surface area contributed by atoms with Gasteiger partial charge in [-0.1, -0.05) is 25.0 Å². The summed E-state index contributed by atoms with van der Waals surface area (Å²) in [5.74, 6) is 0.416. The molecule has 1 aliphatic heterocycles. The molecule has 158 valence electrons. The molecule has 2 aliphatic rings. The summed E-state index contributed by atoms with van der Waals surface area (Å²) in [5, 5.41) is 5.76. The molecule has 1 aliphatic carbocycles. The van der Waals surface area contributed by atoms with E-state index in [1.807, 2.05) is 43.3 Å². The van der Waals surface area contributed by atoms with Crippen molar-refractivity contribution in [1.29, 1.82) is 0 Å². The topological polar surface area (TPSA) is 91.0 Å². The van der Waals surface area contributed by atoms with Gasteiger partial charge < -0.3 is 20.3 Å². The van der Waals surface area contributed by atoms with E-state index in [1.54, 1.807) is 7.11 Å². The van der Waals surface area contributed by atoms with Crippen molar-refractivity contribution < 1.29 is 19.1 Å². The minimum Gasteiger partial charge on any atom is -0.497 e. The van der Waals surface area contributed by atoms with Crippen LogP contribution in [0.4, 0.5) is 4.79 Å². The molecule has 1 spiro atoms. The predicted octanol–water partition coefficient (Wildman–Crippen LogP) is 1.67. The van der Waals surface area contributed by atoms with Crippen LogP contribution in [0.3, 0.4) is 0 Å². The molecule has 0 radical (unpaired) electrons. The molecule has 1 atom stereocenters. The Morgan fingerprint density at radius 2 is 1.90 bits per heavy atom. The molecule has 1 aromatic rings. The number of ether oxygens (including phenoxy) is 1. The van der Waals surface area contributed by atoms with Crippen LogP contribution < -0.4 is 15.4 Å². The Morgan fingerprint density at radius 3 is 2.48 bits per heavy atom. The Bertz CT molecular complexity index is 756. The van der Waals surface area contributed by atoms with Gasteiger partial charge in [0.15, 0.2) is 0 Å². The maximum absolute atomic E-state index is 12.6. The lowest BCUT2D eigenvalue weighted by atomic mass is 9.98. The van der Waals surface area contributed by atoms with Gasteiger partial charge in [0, 0.05) is 19.5 Å². The predicted molar refractivity (Wildman–Crippen MR) is 108 cm³/mol. The second-order valence-electron chi connectivity index (χ2n) is 7.98.